The van der Waals surface area contributed by atoms with Crippen LogP contribution in [0.4, 0.5) is 0 Å². The Balaban J connectivity index is 1.57. The SMILES string of the molecule is CC(CC1CC1)NS(=O)(=O)c1ccc(CNC2CC2)cc1. The Hall–Kier alpha value is -0.910. The number of hydrogen-bond donors (Lipinski definition) is 2. The normalized spacial score (nSPS) is 20.4. The molecular formula is C16H24N2O2S. The van der Waals surface area contributed by atoms with Crippen molar-refractivity contribution in [1.82, 2.24) is 10.0 Å². The molecule has 0 aromatic heterocycles. The van der Waals surface area contributed by atoms with E-state index in [1.807, 2.05) is 19.1 Å². The lowest BCUT2D eigenvalue weighted by Crippen LogP contribution is -2.32. The summed E-state index contributed by atoms with van der Waals surface area (Å²) in [7, 11) is -3.38. The molecule has 1 aromatic carbocycles. The number of benzene rings is 1. The summed E-state index contributed by atoms with van der Waals surface area (Å²) in [6, 6.07) is 7.88. The first-order valence-corrected chi connectivity index (χ1v) is 9.36. The van der Waals surface area contributed by atoms with Crippen molar-refractivity contribution in [2.75, 3.05) is 0 Å². The molecule has 21 heavy (non-hydrogen) atoms. The first-order chi connectivity index (χ1) is 10.0. The predicted molar refractivity (Wildman–Crippen MR) is 83.4 cm³/mol. The topological polar surface area (TPSA) is 58.2 Å². The molecule has 2 saturated carbocycles. The molecule has 116 valence electrons. The van der Waals surface area contributed by atoms with E-state index in [1.165, 1.54) is 25.7 Å². The van der Waals surface area contributed by atoms with E-state index < -0.39 is 10.0 Å². The summed E-state index contributed by atoms with van der Waals surface area (Å²) in [5.74, 6) is 0.721. The average molecular weight is 308 g/mol. The Labute approximate surface area is 127 Å². The third-order valence-corrected chi connectivity index (χ3v) is 5.75. The molecule has 0 amide bonds. The van der Waals surface area contributed by atoms with Crippen molar-refractivity contribution in [2.45, 2.75) is 62.6 Å². The fraction of sp³-hybridized carbons (Fsp3) is 0.625. The summed E-state index contributed by atoms with van der Waals surface area (Å²) in [6.45, 7) is 2.76. The Morgan fingerprint density at radius 2 is 1.81 bits per heavy atom. The summed E-state index contributed by atoms with van der Waals surface area (Å²) in [5.41, 5.74) is 1.13. The second kappa shape index (κ2) is 6.07. The van der Waals surface area contributed by atoms with Crippen molar-refractivity contribution < 1.29 is 8.42 Å². The zero-order chi connectivity index (χ0) is 14.9. The van der Waals surface area contributed by atoms with Crippen LogP contribution in [0.25, 0.3) is 0 Å². The van der Waals surface area contributed by atoms with E-state index in [2.05, 4.69) is 10.0 Å². The van der Waals surface area contributed by atoms with Gasteiger partial charge in [0, 0.05) is 18.6 Å². The third kappa shape index (κ3) is 4.53. The number of sulfonamides is 1. The highest BCUT2D eigenvalue weighted by atomic mass is 32.2. The first-order valence-electron chi connectivity index (χ1n) is 7.87. The van der Waals surface area contributed by atoms with Gasteiger partial charge in [-0.1, -0.05) is 25.0 Å². The predicted octanol–water partition coefficient (Wildman–Crippen LogP) is 2.41. The molecule has 0 spiro atoms. The fourth-order valence-corrected chi connectivity index (χ4v) is 3.83. The Morgan fingerprint density at radius 3 is 2.38 bits per heavy atom. The minimum absolute atomic E-state index is 0.0127. The molecule has 2 fully saturated rings. The van der Waals surface area contributed by atoms with Crippen molar-refractivity contribution >= 4 is 10.0 Å². The highest BCUT2D eigenvalue weighted by Gasteiger charge is 2.26. The zero-order valence-corrected chi connectivity index (χ0v) is 13.3. The Morgan fingerprint density at radius 1 is 1.14 bits per heavy atom. The fourth-order valence-electron chi connectivity index (χ4n) is 2.57. The van der Waals surface area contributed by atoms with Crippen LogP contribution in [0.5, 0.6) is 0 Å². The first kappa shape index (κ1) is 15.0. The Kier molecular flexibility index (Phi) is 4.33. The van der Waals surface area contributed by atoms with Crippen LogP contribution in [-0.4, -0.2) is 20.5 Å². The molecule has 1 unspecified atom stereocenters. The van der Waals surface area contributed by atoms with Gasteiger partial charge < -0.3 is 5.32 Å². The van der Waals surface area contributed by atoms with Gasteiger partial charge in [0.2, 0.25) is 10.0 Å². The average Bonchev–Trinajstić information content (AvgIpc) is 3.31. The summed E-state index contributed by atoms with van der Waals surface area (Å²) >= 11 is 0. The van der Waals surface area contributed by atoms with Crippen LogP contribution in [0.1, 0.15) is 44.6 Å². The smallest absolute Gasteiger partial charge is 0.240 e. The Bertz CT molecular complexity index is 575. The van der Waals surface area contributed by atoms with E-state index in [9.17, 15) is 8.42 Å². The molecular weight excluding hydrogens is 284 g/mol. The van der Waals surface area contributed by atoms with Gasteiger partial charge in [0.05, 0.1) is 4.90 Å². The summed E-state index contributed by atoms with van der Waals surface area (Å²) in [4.78, 5) is 0.361. The van der Waals surface area contributed by atoms with Crippen LogP contribution in [0.3, 0.4) is 0 Å². The maximum atomic E-state index is 12.3. The van der Waals surface area contributed by atoms with Crippen molar-refractivity contribution in [3.05, 3.63) is 29.8 Å². The molecule has 0 aliphatic heterocycles. The molecule has 0 bridgehead atoms. The molecule has 1 atom stereocenters. The molecule has 2 aliphatic rings. The van der Waals surface area contributed by atoms with Gasteiger partial charge in [-0.05, 0) is 49.8 Å². The molecule has 4 nitrogen and oxygen atoms in total. The van der Waals surface area contributed by atoms with Gasteiger partial charge in [-0.2, -0.15) is 0 Å². The standard InChI is InChI=1S/C16H24N2O2S/c1-12(10-13-2-3-13)18-21(19,20)16-8-4-14(5-9-16)11-17-15-6-7-15/h4-5,8-9,12-13,15,17-18H,2-3,6-7,10-11H2,1H3. The van der Waals surface area contributed by atoms with Gasteiger partial charge in [-0.15, -0.1) is 0 Å². The largest absolute Gasteiger partial charge is 0.310 e. The minimum Gasteiger partial charge on any atom is -0.310 e. The molecule has 0 radical (unpaired) electrons. The lowest BCUT2D eigenvalue weighted by atomic mass is 10.2. The van der Waals surface area contributed by atoms with Crippen molar-refractivity contribution in [2.24, 2.45) is 5.92 Å². The maximum Gasteiger partial charge on any atom is 0.240 e. The van der Waals surface area contributed by atoms with Gasteiger partial charge >= 0.3 is 0 Å². The van der Waals surface area contributed by atoms with Gasteiger partial charge in [0.15, 0.2) is 0 Å². The zero-order valence-electron chi connectivity index (χ0n) is 12.5. The second-order valence-electron chi connectivity index (χ2n) is 6.50. The van der Waals surface area contributed by atoms with Crippen molar-refractivity contribution in [3.63, 3.8) is 0 Å². The third-order valence-electron chi connectivity index (χ3n) is 4.15. The van der Waals surface area contributed by atoms with E-state index in [1.54, 1.807) is 12.1 Å². The summed E-state index contributed by atoms with van der Waals surface area (Å²) < 4.78 is 27.4. The maximum absolute atomic E-state index is 12.3. The van der Waals surface area contributed by atoms with E-state index in [4.69, 9.17) is 0 Å². The van der Waals surface area contributed by atoms with Crippen molar-refractivity contribution in [1.29, 1.82) is 0 Å². The molecule has 1 aromatic rings. The molecule has 2 N–H and O–H groups in total. The lowest BCUT2D eigenvalue weighted by Gasteiger charge is -2.14. The highest BCUT2D eigenvalue weighted by molar-refractivity contribution is 7.89. The molecule has 0 saturated heterocycles. The monoisotopic (exact) mass is 308 g/mol. The van der Waals surface area contributed by atoms with Gasteiger partial charge in [-0.3, -0.25) is 0 Å². The van der Waals surface area contributed by atoms with Gasteiger partial charge in [-0.25, -0.2) is 13.1 Å². The molecule has 2 aliphatic carbocycles. The van der Waals surface area contributed by atoms with Crippen LogP contribution in [-0.2, 0) is 16.6 Å². The molecule has 3 rings (SSSR count). The number of rotatable bonds is 8. The number of nitrogens with one attached hydrogen (secondary N) is 2. The quantitative estimate of drug-likeness (QED) is 0.775. The van der Waals surface area contributed by atoms with Crippen LogP contribution < -0.4 is 10.0 Å². The van der Waals surface area contributed by atoms with Crippen LogP contribution in [0, 0.1) is 5.92 Å². The van der Waals surface area contributed by atoms with E-state index in [0.717, 1.165) is 24.4 Å². The van der Waals surface area contributed by atoms with Gasteiger partial charge in [0.25, 0.3) is 0 Å². The van der Waals surface area contributed by atoms with Crippen molar-refractivity contribution in [3.8, 4) is 0 Å². The molecule has 0 heterocycles. The van der Waals surface area contributed by atoms with E-state index in [0.29, 0.717) is 10.9 Å². The number of hydrogen-bond acceptors (Lipinski definition) is 3. The van der Waals surface area contributed by atoms with Gasteiger partial charge in [0.1, 0.15) is 0 Å². The minimum atomic E-state index is -3.38. The summed E-state index contributed by atoms with van der Waals surface area (Å²) in [5, 5.41) is 3.43. The second-order valence-corrected chi connectivity index (χ2v) is 8.21. The molecule has 5 heteroatoms. The van der Waals surface area contributed by atoms with Crippen LogP contribution in [0.2, 0.25) is 0 Å². The van der Waals surface area contributed by atoms with Crippen LogP contribution in [0.15, 0.2) is 29.2 Å². The lowest BCUT2D eigenvalue weighted by molar-refractivity contribution is 0.530. The summed E-state index contributed by atoms with van der Waals surface area (Å²) in [6.07, 6.45) is 5.96. The van der Waals surface area contributed by atoms with Crippen LogP contribution >= 0.6 is 0 Å². The van der Waals surface area contributed by atoms with E-state index in [-0.39, 0.29) is 6.04 Å². The highest BCUT2D eigenvalue weighted by Crippen LogP contribution is 2.33. The van der Waals surface area contributed by atoms with E-state index >= 15 is 0 Å².